The van der Waals surface area contributed by atoms with Crippen LogP contribution in [0.4, 0.5) is 0 Å². The highest BCUT2D eigenvalue weighted by Crippen LogP contribution is 2.02. The molecule has 0 saturated carbocycles. The van der Waals surface area contributed by atoms with Crippen molar-refractivity contribution >= 4 is 5.97 Å². The van der Waals surface area contributed by atoms with Gasteiger partial charge in [0.25, 0.3) is 0 Å². The summed E-state index contributed by atoms with van der Waals surface area (Å²) in [7, 11) is 0. The van der Waals surface area contributed by atoms with Gasteiger partial charge in [0.2, 0.25) is 0 Å². The molecule has 4 heteroatoms. The van der Waals surface area contributed by atoms with Gasteiger partial charge in [0.1, 0.15) is 6.04 Å². The molecule has 1 atom stereocenters. The monoisotopic (exact) mass is 170 g/mol. The van der Waals surface area contributed by atoms with Crippen LogP contribution in [0.1, 0.15) is 0 Å². The molecule has 4 nitrogen and oxygen atoms in total. The Kier molecular flexibility index (Phi) is 3.25. The lowest BCUT2D eigenvalue weighted by Crippen LogP contribution is -2.54. The Morgan fingerprint density at radius 2 is 2.58 bits per heavy atom. The van der Waals surface area contributed by atoms with Gasteiger partial charge >= 0.3 is 5.97 Å². The first-order valence-electron chi connectivity index (χ1n) is 4.04. The van der Waals surface area contributed by atoms with Crippen molar-refractivity contribution in [3.63, 3.8) is 0 Å². The van der Waals surface area contributed by atoms with E-state index in [0.29, 0.717) is 13.1 Å². The summed E-state index contributed by atoms with van der Waals surface area (Å²) in [6, 6.07) is -0.392. The van der Waals surface area contributed by atoms with E-state index in [1.54, 1.807) is 6.08 Å². The maximum atomic E-state index is 10.7. The Bertz CT molecular complexity index is 182. The van der Waals surface area contributed by atoms with Crippen LogP contribution in [0, 0.1) is 0 Å². The number of carbonyl (C=O) groups is 1. The lowest BCUT2D eigenvalue weighted by atomic mass is 10.2. The first-order chi connectivity index (χ1) is 5.75. The fourth-order valence-corrected chi connectivity index (χ4v) is 1.37. The fraction of sp³-hybridized carbons (Fsp3) is 0.625. The number of rotatable bonds is 3. The zero-order valence-electron chi connectivity index (χ0n) is 6.99. The molecule has 0 aromatic carbocycles. The molecule has 1 aliphatic rings. The number of nitrogens with one attached hydrogen (secondary N) is 1. The molecule has 1 aliphatic heterocycles. The van der Waals surface area contributed by atoms with E-state index in [0.717, 1.165) is 13.1 Å². The molecule has 0 amide bonds. The van der Waals surface area contributed by atoms with Crippen molar-refractivity contribution in [3.05, 3.63) is 12.7 Å². The summed E-state index contributed by atoms with van der Waals surface area (Å²) in [6.07, 6.45) is 1.74. The first-order valence-corrected chi connectivity index (χ1v) is 4.04. The zero-order valence-corrected chi connectivity index (χ0v) is 6.99. The normalized spacial score (nSPS) is 25.2. The summed E-state index contributed by atoms with van der Waals surface area (Å²) >= 11 is 0. The molecule has 1 saturated heterocycles. The average molecular weight is 170 g/mol. The summed E-state index contributed by atoms with van der Waals surface area (Å²) in [5.41, 5.74) is 0. The van der Waals surface area contributed by atoms with Gasteiger partial charge in [0.05, 0.1) is 0 Å². The van der Waals surface area contributed by atoms with Crippen molar-refractivity contribution in [3.8, 4) is 0 Å². The average Bonchev–Trinajstić information content (AvgIpc) is 2.05. The number of piperazine rings is 1. The van der Waals surface area contributed by atoms with E-state index in [1.165, 1.54) is 0 Å². The minimum Gasteiger partial charge on any atom is -0.480 e. The van der Waals surface area contributed by atoms with Gasteiger partial charge < -0.3 is 10.4 Å². The van der Waals surface area contributed by atoms with E-state index < -0.39 is 12.0 Å². The number of aliphatic carboxylic acids is 1. The van der Waals surface area contributed by atoms with Gasteiger partial charge in [-0.3, -0.25) is 9.69 Å². The zero-order chi connectivity index (χ0) is 8.97. The maximum absolute atomic E-state index is 10.7. The maximum Gasteiger partial charge on any atom is 0.322 e. The summed E-state index contributed by atoms with van der Waals surface area (Å²) < 4.78 is 0. The van der Waals surface area contributed by atoms with Crippen molar-refractivity contribution in [2.24, 2.45) is 0 Å². The second-order valence-corrected chi connectivity index (χ2v) is 2.84. The second kappa shape index (κ2) is 4.23. The smallest absolute Gasteiger partial charge is 0.322 e. The molecule has 1 fully saturated rings. The molecular formula is C8H14N2O2. The highest BCUT2D eigenvalue weighted by atomic mass is 16.4. The molecule has 1 unspecified atom stereocenters. The van der Waals surface area contributed by atoms with E-state index in [2.05, 4.69) is 11.9 Å². The van der Waals surface area contributed by atoms with Crippen LogP contribution < -0.4 is 5.32 Å². The fourth-order valence-electron chi connectivity index (χ4n) is 1.37. The summed E-state index contributed by atoms with van der Waals surface area (Å²) in [6.45, 7) is 6.42. The van der Waals surface area contributed by atoms with Crippen LogP contribution in [0.15, 0.2) is 12.7 Å². The quantitative estimate of drug-likeness (QED) is 0.562. The molecular weight excluding hydrogens is 156 g/mol. The Morgan fingerprint density at radius 3 is 3.17 bits per heavy atom. The van der Waals surface area contributed by atoms with Crippen LogP contribution in [-0.4, -0.2) is 48.2 Å². The third-order valence-corrected chi connectivity index (χ3v) is 2.00. The van der Waals surface area contributed by atoms with Gasteiger partial charge in [-0.05, 0) is 0 Å². The summed E-state index contributed by atoms with van der Waals surface area (Å²) in [5, 5.41) is 11.9. The standard InChI is InChI=1S/C8H14N2O2/c1-2-4-10-5-3-9-6-7(10)8(11)12/h2,7,9H,1,3-6H2,(H,11,12). The van der Waals surface area contributed by atoms with E-state index in [4.69, 9.17) is 5.11 Å². The molecule has 68 valence electrons. The third kappa shape index (κ3) is 2.06. The van der Waals surface area contributed by atoms with Crippen molar-refractivity contribution in [2.45, 2.75) is 6.04 Å². The molecule has 0 radical (unpaired) electrons. The van der Waals surface area contributed by atoms with Gasteiger partial charge in [-0.25, -0.2) is 0 Å². The van der Waals surface area contributed by atoms with Crippen molar-refractivity contribution in [1.29, 1.82) is 0 Å². The molecule has 0 aliphatic carbocycles. The Labute approximate surface area is 71.9 Å². The summed E-state index contributed by atoms with van der Waals surface area (Å²) in [5.74, 6) is -0.760. The molecule has 0 aromatic heterocycles. The van der Waals surface area contributed by atoms with Crippen molar-refractivity contribution < 1.29 is 9.90 Å². The number of nitrogens with zero attached hydrogens (tertiary/aromatic N) is 1. The van der Waals surface area contributed by atoms with Gasteiger partial charge in [0, 0.05) is 26.2 Å². The van der Waals surface area contributed by atoms with Crippen LogP contribution in [0.2, 0.25) is 0 Å². The molecule has 0 aromatic rings. The highest BCUT2D eigenvalue weighted by Gasteiger charge is 2.26. The SMILES string of the molecule is C=CCN1CCNCC1C(=O)O. The lowest BCUT2D eigenvalue weighted by molar-refractivity contribution is -0.143. The molecule has 2 N–H and O–H groups in total. The molecule has 1 heterocycles. The topological polar surface area (TPSA) is 52.6 Å². The minimum atomic E-state index is -0.760. The summed E-state index contributed by atoms with van der Waals surface area (Å²) in [4.78, 5) is 12.6. The molecule has 1 rings (SSSR count). The van der Waals surface area contributed by atoms with E-state index in [1.807, 2.05) is 4.90 Å². The van der Waals surface area contributed by atoms with Crippen LogP contribution in [0.3, 0.4) is 0 Å². The Hall–Kier alpha value is -0.870. The predicted octanol–water partition coefficient (Wildman–Crippen LogP) is -0.469. The van der Waals surface area contributed by atoms with Crippen LogP contribution in [0.5, 0.6) is 0 Å². The number of hydrogen-bond donors (Lipinski definition) is 2. The number of carboxylic acids is 1. The van der Waals surface area contributed by atoms with Crippen molar-refractivity contribution in [2.75, 3.05) is 26.2 Å². The molecule has 0 spiro atoms. The van der Waals surface area contributed by atoms with Gasteiger partial charge in [-0.2, -0.15) is 0 Å². The Morgan fingerprint density at radius 1 is 1.83 bits per heavy atom. The highest BCUT2D eigenvalue weighted by molar-refractivity contribution is 5.74. The van der Waals surface area contributed by atoms with E-state index in [-0.39, 0.29) is 0 Å². The number of carboxylic acid groups (broad SMARTS) is 1. The molecule has 0 bridgehead atoms. The van der Waals surface area contributed by atoms with Crippen molar-refractivity contribution in [1.82, 2.24) is 10.2 Å². The van der Waals surface area contributed by atoms with Gasteiger partial charge in [-0.15, -0.1) is 6.58 Å². The van der Waals surface area contributed by atoms with Gasteiger partial charge in [-0.1, -0.05) is 6.08 Å². The largest absolute Gasteiger partial charge is 0.480 e. The first kappa shape index (κ1) is 9.22. The third-order valence-electron chi connectivity index (χ3n) is 2.00. The van der Waals surface area contributed by atoms with Crippen LogP contribution in [0.25, 0.3) is 0 Å². The van der Waals surface area contributed by atoms with Crippen LogP contribution >= 0.6 is 0 Å². The predicted molar refractivity (Wildman–Crippen MR) is 46.1 cm³/mol. The van der Waals surface area contributed by atoms with E-state index >= 15 is 0 Å². The number of hydrogen-bond acceptors (Lipinski definition) is 3. The lowest BCUT2D eigenvalue weighted by Gasteiger charge is -2.32. The molecule has 12 heavy (non-hydrogen) atoms. The van der Waals surface area contributed by atoms with Crippen LogP contribution in [-0.2, 0) is 4.79 Å². The van der Waals surface area contributed by atoms with Gasteiger partial charge in [0.15, 0.2) is 0 Å². The minimum absolute atomic E-state index is 0.392. The van der Waals surface area contributed by atoms with E-state index in [9.17, 15) is 4.79 Å². The second-order valence-electron chi connectivity index (χ2n) is 2.84. The Balaban J connectivity index is 2.53.